The number of anilines is 1. The van der Waals surface area contributed by atoms with Crippen LogP contribution in [-0.2, 0) is 11.2 Å². The van der Waals surface area contributed by atoms with Gasteiger partial charge >= 0.3 is 5.69 Å². The molecule has 2 aromatic heterocycles. The summed E-state index contributed by atoms with van der Waals surface area (Å²) in [4.78, 5) is 39.7. The number of hydrogen-bond donors (Lipinski definition) is 0. The molecular formula is C32H34FN5O2. The van der Waals surface area contributed by atoms with Crippen molar-refractivity contribution in [3.8, 4) is 16.9 Å². The predicted octanol–water partition coefficient (Wildman–Crippen LogP) is 5.38. The Morgan fingerprint density at radius 1 is 1.10 bits per heavy atom. The molecule has 5 rings (SSSR count). The van der Waals surface area contributed by atoms with Gasteiger partial charge in [-0.05, 0) is 68.2 Å². The smallest absolute Gasteiger partial charge is 0.350 e. The summed E-state index contributed by atoms with van der Waals surface area (Å²) in [6.07, 6.45) is 3.02. The lowest BCUT2D eigenvalue weighted by Gasteiger charge is -2.40. The maximum absolute atomic E-state index is 15.0. The molecule has 1 atom stereocenters. The highest BCUT2D eigenvalue weighted by Gasteiger charge is 2.30. The van der Waals surface area contributed by atoms with E-state index in [1.165, 1.54) is 12.1 Å². The molecule has 0 aliphatic carbocycles. The molecule has 206 valence electrons. The van der Waals surface area contributed by atoms with E-state index in [1.54, 1.807) is 27.7 Å². The van der Waals surface area contributed by atoms with Crippen molar-refractivity contribution in [2.75, 3.05) is 24.5 Å². The Hall–Kier alpha value is -4.33. The molecule has 3 heterocycles. The van der Waals surface area contributed by atoms with Crippen LogP contribution in [0.25, 0.3) is 28.0 Å². The molecule has 0 saturated carbocycles. The summed E-state index contributed by atoms with van der Waals surface area (Å²) in [5, 5.41) is 0.707. The van der Waals surface area contributed by atoms with E-state index < -0.39 is 5.69 Å². The number of fused-ring (bicyclic) bond motifs is 1. The van der Waals surface area contributed by atoms with E-state index >= 15 is 0 Å². The molecule has 0 bridgehead atoms. The van der Waals surface area contributed by atoms with Crippen LogP contribution < -0.4 is 10.6 Å². The van der Waals surface area contributed by atoms with Gasteiger partial charge in [-0.2, -0.15) is 4.98 Å². The number of benzene rings is 2. The number of amides is 1. The van der Waals surface area contributed by atoms with Crippen LogP contribution in [0.2, 0.25) is 0 Å². The van der Waals surface area contributed by atoms with E-state index in [2.05, 4.69) is 23.4 Å². The zero-order valence-corrected chi connectivity index (χ0v) is 23.4. The molecule has 1 aliphatic heterocycles. The summed E-state index contributed by atoms with van der Waals surface area (Å²) in [7, 11) is 0. The SMILES string of the molecule is C=CC(=O)N1CCN(c2nc(=O)n(-c3c(C)cccc3CCC)c3nc(-c4ccccc4F)c(C)cc23)[C@@H](C)C1. The zero-order chi connectivity index (χ0) is 28.6. The highest BCUT2D eigenvalue weighted by atomic mass is 19.1. The fourth-order valence-electron chi connectivity index (χ4n) is 5.69. The van der Waals surface area contributed by atoms with E-state index in [1.807, 2.05) is 45.0 Å². The van der Waals surface area contributed by atoms with Gasteiger partial charge in [-0.15, -0.1) is 0 Å². The molecule has 0 radical (unpaired) electrons. The van der Waals surface area contributed by atoms with Gasteiger partial charge in [0.25, 0.3) is 0 Å². The second kappa shape index (κ2) is 11.0. The molecule has 4 aromatic rings. The largest absolute Gasteiger partial charge is 0.355 e. The van der Waals surface area contributed by atoms with Crippen LogP contribution in [0.4, 0.5) is 10.2 Å². The van der Waals surface area contributed by atoms with Crippen LogP contribution in [0.15, 0.2) is 66.0 Å². The van der Waals surface area contributed by atoms with Gasteiger partial charge in [0, 0.05) is 31.2 Å². The third-order valence-corrected chi connectivity index (χ3v) is 7.62. The summed E-state index contributed by atoms with van der Waals surface area (Å²) in [6, 6.07) is 14.4. The third-order valence-electron chi connectivity index (χ3n) is 7.62. The van der Waals surface area contributed by atoms with Crippen LogP contribution in [0.1, 0.15) is 37.0 Å². The Morgan fingerprint density at radius 3 is 2.58 bits per heavy atom. The molecule has 1 aliphatic rings. The standard InChI is InChI=1S/C32H34FN5O2/c1-6-11-23-13-10-12-20(3)29(23)38-31-25(18-21(4)28(34-31)24-14-8-9-15-26(24)33)30(35-32(38)40)37-17-16-36(19-22(37)5)27(39)7-2/h7-10,12-15,18,22H,2,6,11,16-17,19H2,1,3-5H3/t22-/m0/s1. The topological polar surface area (TPSA) is 71.3 Å². The molecular weight excluding hydrogens is 505 g/mol. The monoisotopic (exact) mass is 539 g/mol. The first-order valence-electron chi connectivity index (χ1n) is 13.7. The number of hydrogen-bond acceptors (Lipinski definition) is 5. The molecule has 2 aromatic carbocycles. The summed E-state index contributed by atoms with van der Waals surface area (Å²) in [5.74, 6) is 0.0327. The minimum absolute atomic E-state index is 0.0933. The van der Waals surface area contributed by atoms with Crippen LogP contribution in [0, 0.1) is 19.7 Å². The summed E-state index contributed by atoms with van der Waals surface area (Å²) < 4.78 is 16.6. The zero-order valence-electron chi connectivity index (χ0n) is 23.4. The van der Waals surface area contributed by atoms with Crippen molar-refractivity contribution in [2.45, 2.75) is 46.6 Å². The average molecular weight is 540 g/mol. The molecule has 0 unspecified atom stereocenters. The van der Waals surface area contributed by atoms with E-state index in [0.29, 0.717) is 47.7 Å². The third kappa shape index (κ3) is 4.78. The van der Waals surface area contributed by atoms with E-state index in [0.717, 1.165) is 35.2 Å². The highest BCUT2D eigenvalue weighted by molar-refractivity contribution is 5.92. The molecule has 1 fully saturated rings. The maximum Gasteiger partial charge on any atom is 0.355 e. The summed E-state index contributed by atoms with van der Waals surface area (Å²) in [5.41, 5.74) is 4.35. The first-order chi connectivity index (χ1) is 19.2. The quantitative estimate of drug-likeness (QED) is 0.308. The summed E-state index contributed by atoms with van der Waals surface area (Å²) >= 11 is 0. The number of para-hydroxylation sites is 1. The fourth-order valence-corrected chi connectivity index (χ4v) is 5.69. The Kier molecular flexibility index (Phi) is 7.52. The number of pyridine rings is 1. The molecule has 0 spiro atoms. The van der Waals surface area contributed by atoms with E-state index in [-0.39, 0.29) is 17.8 Å². The number of piperazine rings is 1. The van der Waals surface area contributed by atoms with Crippen molar-refractivity contribution in [3.05, 3.63) is 94.2 Å². The lowest BCUT2D eigenvalue weighted by molar-refractivity contribution is -0.126. The Labute approximate surface area is 233 Å². The first-order valence-corrected chi connectivity index (χ1v) is 13.7. The molecule has 0 N–H and O–H groups in total. The minimum atomic E-state index is -0.443. The van der Waals surface area contributed by atoms with E-state index in [9.17, 15) is 14.0 Å². The average Bonchev–Trinajstić information content (AvgIpc) is 2.94. The van der Waals surface area contributed by atoms with Crippen molar-refractivity contribution in [1.29, 1.82) is 0 Å². The first kappa shape index (κ1) is 27.2. The van der Waals surface area contributed by atoms with Gasteiger partial charge in [0.05, 0.1) is 16.8 Å². The van der Waals surface area contributed by atoms with Crippen LogP contribution in [0.3, 0.4) is 0 Å². The number of rotatable bonds is 6. The number of carbonyl (C=O) groups is 1. The van der Waals surface area contributed by atoms with Gasteiger partial charge < -0.3 is 9.80 Å². The van der Waals surface area contributed by atoms with E-state index in [4.69, 9.17) is 4.98 Å². The molecule has 8 heteroatoms. The van der Waals surface area contributed by atoms with Gasteiger partial charge in [-0.3, -0.25) is 4.79 Å². The number of aryl methyl sites for hydroxylation is 3. The van der Waals surface area contributed by atoms with Crippen molar-refractivity contribution in [2.24, 2.45) is 0 Å². The van der Waals surface area contributed by atoms with Crippen molar-refractivity contribution >= 4 is 22.8 Å². The van der Waals surface area contributed by atoms with Gasteiger partial charge in [0.1, 0.15) is 11.6 Å². The van der Waals surface area contributed by atoms with Crippen LogP contribution in [0.5, 0.6) is 0 Å². The van der Waals surface area contributed by atoms with Crippen molar-refractivity contribution < 1.29 is 9.18 Å². The van der Waals surface area contributed by atoms with Gasteiger partial charge in [0.15, 0.2) is 5.65 Å². The Bertz CT molecular complexity index is 1680. The second-order valence-electron chi connectivity index (χ2n) is 10.4. The van der Waals surface area contributed by atoms with Crippen molar-refractivity contribution in [1.82, 2.24) is 19.4 Å². The molecule has 1 saturated heterocycles. The molecule has 7 nitrogen and oxygen atoms in total. The van der Waals surface area contributed by atoms with Crippen LogP contribution >= 0.6 is 0 Å². The Morgan fingerprint density at radius 2 is 1.88 bits per heavy atom. The lowest BCUT2D eigenvalue weighted by atomic mass is 10.0. The number of halogens is 1. The van der Waals surface area contributed by atoms with Gasteiger partial charge in [-0.25, -0.2) is 18.7 Å². The lowest BCUT2D eigenvalue weighted by Crippen LogP contribution is -2.54. The molecule has 40 heavy (non-hydrogen) atoms. The number of aromatic nitrogens is 3. The van der Waals surface area contributed by atoms with Crippen molar-refractivity contribution in [3.63, 3.8) is 0 Å². The second-order valence-corrected chi connectivity index (χ2v) is 10.4. The molecule has 1 amide bonds. The Balaban J connectivity index is 1.80. The maximum atomic E-state index is 15.0. The number of carbonyl (C=O) groups excluding carboxylic acids is 1. The fraction of sp³-hybridized carbons (Fsp3) is 0.312. The normalized spacial score (nSPS) is 15.5. The summed E-state index contributed by atoms with van der Waals surface area (Å²) in [6.45, 7) is 13.1. The van der Waals surface area contributed by atoms with Gasteiger partial charge in [-0.1, -0.05) is 50.3 Å². The minimum Gasteiger partial charge on any atom is -0.350 e. The van der Waals surface area contributed by atoms with Crippen LogP contribution in [-0.4, -0.2) is 51.0 Å². The highest BCUT2D eigenvalue weighted by Crippen LogP contribution is 2.33. The number of nitrogens with zero attached hydrogens (tertiary/aromatic N) is 5. The van der Waals surface area contributed by atoms with Gasteiger partial charge in [0.2, 0.25) is 5.91 Å². The predicted molar refractivity (Wildman–Crippen MR) is 158 cm³/mol.